The molecule has 0 saturated carbocycles. The number of hydrogen-bond acceptors (Lipinski definition) is 7. The molecule has 3 aromatic rings. The van der Waals surface area contributed by atoms with Gasteiger partial charge in [0.15, 0.2) is 6.29 Å². The third kappa shape index (κ3) is 6.28. The van der Waals surface area contributed by atoms with Crippen LogP contribution < -0.4 is 16.1 Å². The van der Waals surface area contributed by atoms with Gasteiger partial charge in [0.1, 0.15) is 16.3 Å². The number of nitrogens with zero attached hydrogens (tertiary/aromatic N) is 4. The van der Waals surface area contributed by atoms with Gasteiger partial charge in [0.05, 0.1) is 15.8 Å². The van der Waals surface area contributed by atoms with Gasteiger partial charge in [-0.25, -0.2) is 0 Å². The van der Waals surface area contributed by atoms with E-state index in [4.69, 9.17) is 4.99 Å². The normalized spacial score (nSPS) is 14.9. The van der Waals surface area contributed by atoms with Crippen molar-refractivity contribution >= 4 is 44.1 Å². The van der Waals surface area contributed by atoms with Crippen molar-refractivity contribution in [3.05, 3.63) is 40.1 Å². The SMILES string of the molecule is CC.CCCN(CCCC(C)C)C1N=Cc2c(n3c(sc4ccccc43)c(NCCN(C)C)c2=O)N1. The van der Waals surface area contributed by atoms with Crippen molar-refractivity contribution in [2.45, 2.75) is 60.2 Å². The minimum atomic E-state index is -0.166. The van der Waals surface area contributed by atoms with Gasteiger partial charge in [0.2, 0.25) is 5.43 Å². The molecule has 0 aliphatic carbocycles. The zero-order valence-corrected chi connectivity index (χ0v) is 23.9. The summed E-state index contributed by atoms with van der Waals surface area (Å²) >= 11 is 1.66. The monoisotopic (exact) mass is 512 g/mol. The summed E-state index contributed by atoms with van der Waals surface area (Å²) in [6.45, 7) is 14.3. The third-order valence-corrected chi connectivity index (χ3v) is 7.38. The number of thiazole rings is 1. The molecule has 0 bridgehead atoms. The maximum atomic E-state index is 13.6. The highest BCUT2D eigenvalue weighted by Gasteiger charge is 2.27. The molecule has 2 N–H and O–H groups in total. The molecule has 1 unspecified atom stereocenters. The highest BCUT2D eigenvalue weighted by molar-refractivity contribution is 7.24. The number of fused-ring (bicyclic) bond motifs is 5. The van der Waals surface area contributed by atoms with E-state index in [0.29, 0.717) is 23.7 Å². The van der Waals surface area contributed by atoms with Gasteiger partial charge in [-0.3, -0.25) is 19.1 Å². The van der Waals surface area contributed by atoms with E-state index < -0.39 is 0 Å². The molecule has 0 amide bonds. The summed E-state index contributed by atoms with van der Waals surface area (Å²) in [7, 11) is 4.08. The van der Waals surface area contributed by atoms with E-state index in [1.54, 1.807) is 17.6 Å². The second-order valence-electron chi connectivity index (χ2n) is 9.78. The van der Waals surface area contributed by atoms with Crippen LogP contribution in [0.15, 0.2) is 34.1 Å². The summed E-state index contributed by atoms with van der Waals surface area (Å²) in [5.74, 6) is 1.54. The Morgan fingerprint density at radius 1 is 1.17 bits per heavy atom. The van der Waals surface area contributed by atoms with Crippen molar-refractivity contribution in [3.63, 3.8) is 0 Å². The molecule has 36 heavy (non-hydrogen) atoms. The zero-order chi connectivity index (χ0) is 26.2. The topological polar surface area (TPSA) is 64.4 Å². The average molecular weight is 513 g/mol. The first kappa shape index (κ1) is 28.2. The molecule has 0 radical (unpaired) electrons. The Balaban J connectivity index is 0.00000176. The van der Waals surface area contributed by atoms with E-state index in [9.17, 15) is 4.79 Å². The van der Waals surface area contributed by atoms with E-state index in [1.807, 2.05) is 27.9 Å². The Morgan fingerprint density at radius 3 is 2.61 bits per heavy atom. The molecule has 8 heteroatoms. The maximum absolute atomic E-state index is 13.6. The van der Waals surface area contributed by atoms with Crippen molar-refractivity contribution < 1.29 is 0 Å². The standard InChI is InChI=1S/C26H38N6OS.C2H6/c1-6-14-31(15-9-10-18(2)3)26-28-17-19-23(33)22(27-13-16-30(4)5)25-32(24(19)29-26)20-11-7-8-12-21(20)34-25;1-2/h7-8,11-12,17-18,26-27,29H,6,9-10,13-16H2,1-5H3;1-2H3. The molecule has 2 aromatic heterocycles. The highest BCUT2D eigenvalue weighted by atomic mass is 32.1. The number of aromatic nitrogens is 1. The van der Waals surface area contributed by atoms with Gasteiger partial charge in [-0.1, -0.05) is 46.8 Å². The number of aliphatic imine (C=N–C) groups is 1. The predicted octanol–water partition coefficient (Wildman–Crippen LogP) is 5.79. The molecule has 0 saturated heterocycles. The number of nitrogens with one attached hydrogen (secondary N) is 2. The fourth-order valence-electron chi connectivity index (χ4n) is 4.49. The van der Waals surface area contributed by atoms with Crippen LogP contribution in [0.2, 0.25) is 0 Å². The molecule has 3 heterocycles. The number of pyridine rings is 1. The first-order valence-electron chi connectivity index (χ1n) is 13.4. The Bertz CT molecular complexity index is 1210. The van der Waals surface area contributed by atoms with Crippen LogP contribution in [0.25, 0.3) is 15.0 Å². The molecule has 1 atom stereocenters. The molecule has 1 aliphatic heterocycles. The van der Waals surface area contributed by atoms with Crippen LogP contribution in [0.4, 0.5) is 11.5 Å². The number of hydrogen-bond donors (Lipinski definition) is 2. The van der Waals surface area contributed by atoms with Gasteiger partial charge in [0.25, 0.3) is 0 Å². The van der Waals surface area contributed by atoms with Gasteiger partial charge in [-0.05, 0) is 51.4 Å². The van der Waals surface area contributed by atoms with Gasteiger partial charge in [-0.2, -0.15) is 0 Å². The first-order chi connectivity index (χ1) is 17.4. The summed E-state index contributed by atoms with van der Waals surface area (Å²) in [6.07, 6.45) is 5.03. The van der Waals surface area contributed by atoms with Crippen LogP contribution >= 0.6 is 11.3 Å². The van der Waals surface area contributed by atoms with Crippen LogP contribution in [0.1, 0.15) is 59.4 Å². The zero-order valence-electron chi connectivity index (χ0n) is 23.1. The fraction of sp³-hybridized carbons (Fsp3) is 0.571. The number of anilines is 2. The maximum Gasteiger partial charge on any atom is 0.217 e. The van der Waals surface area contributed by atoms with Crippen LogP contribution in [0.3, 0.4) is 0 Å². The fourth-order valence-corrected chi connectivity index (χ4v) is 5.66. The minimum Gasteiger partial charge on any atom is -0.378 e. The number of benzene rings is 1. The van der Waals surface area contributed by atoms with Crippen molar-refractivity contribution in [3.8, 4) is 0 Å². The summed E-state index contributed by atoms with van der Waals surface area (Å²) in [5.41, 5.74) is 2.41. The van der Waals surface area contributed by atoms with E-state index in [1.165, 1.54) is 6.42 Å². The molecule has 198 valence electrons. The molecule has 1 aromatic carbocycles. The Labute approximate surface area is 220 Å². The van der Waals surface area contributed by atoms with Crippen molar-refractivity contribution in [1.82, 2.24) is 14.2 Å². The second kappa shape index (κ2) is 13.2. The largest absolute Gasteiger partial charge is 0.378 e. The number of rotatable bonds is 11. The van der Waals surface area contributed by atoms with Crippen molar-refractivity contribution in [2.24, 2.45) is 10.9 Å². The lowest BCUT2D eigenvalue weighted by Gasteiger charge is -2.33. The van der Waals surface area contributed by atoms with E-state index >= 15 is 0 Å². The van der Waals surface area contributed by atoms with Gasteiger partial charge in [-0.15, -0.1) is 11.3 Å². The molecular formula is C28H44N6OS. The minimum absolute atomic E-state index is 0.0110. The Morgan fingerprint density at radius 2 is 1.92 bits per heavy atom. The summed E-state index contributed by atoms with van der Waals surface area (Å²) in [6, 6.07) is 8.36. The lowest BCUT2D eigenvalue weighted by Crippen LogP contribution is -2.43. The molecular weight excluding hydrogens is 468 g/mol. The summed E-state index contributed by atoms with van der Waals surface area (Å²) < 4.78 is 3.37. The van der Waals surface area contributed by atoms with Crippen molar-refractivity contribution in [2.75, 3.05) is 50.9 Å². The quantitative estimate of drug-likeness (QED) is 0.340. The molecule has 7 nitrogen and oxygen atoms in total. The Kier molecular flexibility index (Phi) is 10.3. The smallest absolute Gasteiger partial charge is 0.217 e. The van der Waals surface area contributed by atoms with Crippen LogP contribution in [0.5, 0.6) is 0 Å². The van der Waals surface area contributed by atoms with Gasteiger partial charge >= 0.3 is 0 Å². The predicted molar refractivity (Wildman–Crippen MR) is 158 cm³/mol. The number of likely N-dealkylation sites (N-methyl/N-ethyl adjacent to an activating group) is 1. The van der Waals surface area contributed by atoms with Crippen LogP contribution in [-0.4, -0.2) is 67.0 Å². The Hall–Kier alpha value is -2.42. The highest BCUT2D eigenvalue weighted by Crippen LogP contribution is 2.35. The van der Waals surface area contributed by atoms with Crippen LogP contribution in [0, 0.1) is 5.92 Å². The molecule has 0 fully saturated rings. The van der Waals surface area contributed by atoms with E-state index in [2.05, 4.69) is 69.9 Å². The lowest BCUT2D eigenvalue weighted by molar-refractivity contribution is 0.212. The lowest BCUT2D eigenvalue weighted by atomic mass is 10.1. The second-order valence-corrected chi connectivity index (χ2v) is 10.8. The van der Waals surface area contributed by atoms with Gasteiger partial charge in [0, 0.05) is 32.4 Å². The first-order valence-corrected chi connectivity index (χ1v) is 14.2. The summed E-state index contributed by atoms with van der Waals surface area (Å²) in [4.78, 5) is 23.9. The molecule has 1 aliphatic rings. The van der Waals surface area contributed by atoms with Crippen LogP contribution in [-0.2, 0) is 0 Å². The summed E-state index contributed by atoms with van der Waals surface area (Å²) in [5, 5.41) is 7.07. The van der Waals surface area contributed by atoms with Crippen molar-refractivity contribution in [1.29, 1.82) is 0 Å². The molecule has 0 spiro atoms. The molecule has 4 rings (SSSR count). The van der Waals surface area contributed by atoms with E-state index in [0.717, 1.165) is 53.3 Å². The average Bonchev–Trinajstić information content (AvgIpc) is 3.25. The van der Waals surface area contributed by atoms with Gasteiger partial charge < -0.3 is 15.5 Å². The third-order valence-electron chi connectivity index (χ3n) is 6.24. The number of para-hydroxylation sites is 1. The van der Waals surface area contributed by atoms with E-state index in [-0.39, 0.29) is 11.7 Å².